The van der Waals surface area contributed by atoms with Crippen molar-refractivity contribution >= 4 is 51.0 Å². The second kappa shape index (κ2) is 8.96. The smallest absolute Gasteiger partial charge is 0.282 e. The number of anilines is 1. The van der Waals surface area contributed by atoms with Crippen molar-refractivity contribution in [3.8, 4) is 11.5 Å². The normalized spacial score (nSPS) is 14.7. The third kappa shape index (κ3) is 4.22. The largest absolute Gasteiger partial charge is 0.493 e. The van der Waals surface area contributed by atoms with Gasteiger partial charge in [-0.25, -0.2) is 4.99 Å². The van der Waals surface area contributed by atoms with Gasteiger partial charge in [0.05, 0.1) is 24.9 Å². The van der Waals surface area contributed by atoms with Crippen molar-refractivity contribution in [1.29, 1.82) is 0 Å². The summed E-state index contributed by atoms with van der Waals surface area (Å²) >= 11 is 9.91. The van der Waals surface area contributed by atoms with Gasteiger partial charge in [0.25, 0.3) is 5.91 Å². The molecule has 1 aliphatic heterocycles. The van der Waals surface area contributed by atoms with E-state index in [1.807, 2.05) is 48.5 Å². The summed E-state index contributed by atoms with van der Waals surface area (Å²) < 4.78 is 11.5. The highest BCUT2D eigenvalue weighted by Crippen LogP contribution is 2.33. The molecule has 1 amide bonds. The molecule has 31 heavy (non-hydrogen) atoms. The van der Waals surface area contributed by atoms with Crippen LogP contribution in [0.2, 0.25) is 5.02 Å². The molecule has 0 fully saturated rings. The van der Waals surface area contributed by atoms with E-state index >= 15 is 0 Å². The summed E-state index contributed by atoms with van der Waals surface area (Å²) in [6.45, 7) is 0. The molecular weight excluding hydrogens is 480 g/mol. The minimum Gasteiger partial charge on any atom is -0.493 e. The fourth-order valence-electron chi connectivity index (χ4n) is 3.30. The zero-order valence-electron chi connectivity index (χ0n) is 16.8. The predicted molar refractivity (Wildman–Crippen MR) is 127 cm³/mol. The number of ether oxygens (including phenoxy) is 2. The fourth-order valence-corrected chi connectivity index (χ4v) is 3.90. The lowest BCUT2D eigenvalue weighted by atomic mass is 10.1. The summed E-state index contributed by atoms with van der Waals surface area (Å²) in [5.74, 6) is 1.41. The Morgan fingerprint density at radius 3 is 2.45 bits per heavy atom. The van der Waals surface area contributed by atoms with Crippen LogP contribution in [0.1, 0.15) is 11.1 Å². The van der Waals surface area contributed by atoms with Crippen LogP contribution in [-0.2, 0) is 4.79 Å². The average molecular weight is 498 g/mol. The number of hydrogen-bond acceptors (Lipinski definition) is 4. The van der Waals surface area contributed by atoms with Gasteiger partial charge in [0.15, 0.2) is 11.5 Å². The number of aliphatic imine (C=N–C) groups is 1. The molecule has 1 heterocycles. The van der Waals surface area contributed by atoms with E-state index in [0.29, 0.717) is 39.3 Å². The summed E-state index contributed by atoms with van der Waals surface area (Å²) in [7, 11) is 3.14. The average Bonchev–Trinajstić information content (AvgIpc) is 3.09. The van der Waals surface area contributed by atoms with Gasteiger partial charge in [0, 0.05) is 10.0 Å². The van der Waals surface area contributed by atoms with E-state index in [4.69, 9.17) is 21.1 Å². The minimum atomic E-state index is -0.247. The van der Waals surface area contributed by atoms with Crippen molar-refractivity contribution in [3.63, 3.8) is 0 Å². The number of amidine groups is 1. The zero-order valence-corrected chi connectivity index (χ0v) is 19.1. The van der Waals surface area contributed by atoms with E-state index in [0.717, 1.165) is 10.0 Å². The highest BCUT2D eigenvalue weighted by molar-refractivity contribution is 9.10. The van der Waals surface area contributed by atoms with Crippen molar-refractivity contribution in [2.24, 2.45) is 4.99 Å². The molecule has 3 aromatic carbocycles. The molecule has 7 heteroatoms. The lowest BCUT2D eigenvalue weighted by Gasteiger charge is -2.19. The summed E-state index contributed by atoms with van der Waals surface area (Å²) in [6, 6.07) is 20.2. The first kappa shape index (κ1) is 21.2. The number of methoxy groups -OCH3 is 2. The van der Waals surface area contributed by atoms with Gasteiger partial charge in [-0.1, -0.05) is 51.8 Å². The maximum Gasteiger partial charge on any atom is 0.282 e. The third-order valence-corrected chi connectivity index (χ3v) is 5.58. The van der Waals surface area contributed by atoms with Crippen LogP contribution < -0.4 is 14.4 Å². The Labute approximate surface area is 193 Å². The number of nitrogens with zero attached hydrogens (tertiary/aromatic N) is 2. The van der Waals surface area contributed by atoms with Crippen molar-refractivity contribution in [1.82, 2.24) is 0 Å². The SMILES string of the molecule is COc1ccc(/C=C2/N=C(c3ccccc3Cl)N(c3cccc(Br)c3)C2=O)cc1OC. The van der Waals surface area contributed by atoms with Crippen molar-refractivity contribution in [2.75, 3.05) is 19.1 Å². The molecular formula is C24H18BrClN2O3. The van der Waals surface area contributed by atoms with Gasteiger partial charge in [-0.05, 0) is 54.1 Å². The molecule has 156 valence electrons. The van der Waals surface area contributed by atoms with Crippen LogP contribution in [0.5, 0.6) is 11.5 Å². The first-order chi connectivity index (χ1) is 15.0. The number of rotatable bonds is 5. The Morgan fingerprint density at radius 2 is 1.74 bits per heavy atom. The predicted octanol–water partition coefficient (Wildman–Crippen LogP) is 5.95. The van der Waals surface area contributed by atoms with Crippen LogP contribution in [0.4, 0.5) is 5.69 Å². The number of halogens is 2. The molecule has 0 saturated heterocycles. The Kier molecular flexibility index (Phi) is 6.11. The molecule has 0 bridgehead atoms. The van der Waals surface area contributed by atoms with Crippen LogP contribution in [0.15, 0.2) is 81.9 Å². The monoisotopic (exact) mass is 496 g/mol. The van der Waals surface area contributed by atoms with E-state index < -0.39 is 0 Å². The highest BCUT2D eigenvalue weighted by atomic mass is 79.9. The molecule has 3 aromatic rings. The molecule has 0 atom stereocenters. The Hall–Kier alpha value is -3.09. The molecule has 0 unspecified atom stereocenters. The second-order valence-corrected chi connectivity index (χ2v) is 8.00. The lowest BCUT2D eigenvalue weighted by Crippen LogP contribution is -2.32. The third-order valence-electron chi connectivity index (χ3n) is 4.75. The van der Waals surface area contributed by atoms with Gasteiger partial charge in [-0.2, -0.15) is 0 Å². The first-order valence-electron chi connectivity index (χ1n) is 9.39. The Morgan fingerprint density at radius 1 is 0.968 bits per heavy atom. The van der Waals surface area contributed by atoms with E-state index in [9.17, 15) is 4.79 Å². The Bertz CT molecular complexity index is 1220. The van der Waals surface area contributed by atoms with Crippen molar-refractivity contribution < 1.29 is 14.3 Å². The number of amides is 1. The fraction of sp³-hybridized carbons (Fsp3) is 0.0833. The molecule has 0 N–H and O–H groups in total. The molecule has 0 aromatic heterocycles. The molecule has 1 aliphatic rings. The summed E-state index contributed by atoms with van der Waals surface area (Å²) in [4.78, 5) is 19.7. The molecule has 0 spiro atoms. The van der Waals surface area contributed by atoms with Gasteiger partial charge in [0.2, 0.25) is 0 Å². The van der Waals surface area contributed by atoms with Crippen LogP contribution >= 0.6 is 27.5 Å². The maximum absolute atomic E-state index is 13.4. The lowest BCUT2D eigenvalue weighted by molar-refractivity contribution is -0.113. The van der Waals surface area contributed by atoms with Crippen LogP contribution in [-0.4, -0.2) is 26.0 Å². The minimum absolute atomic E-state index is 0.247. The molecule has 5 nitrogen and oxygen atoms in total. The number of carbonyl (C=O) groups excluding carboxylic acids is 1. The van der Waals surface area contributed by atoms with Crippen LogP contribution in [0.3, 0.4) is 0 Å². The van der Waals surface area contributed by atoms with Crippen molar-refractivity contribution in [3.05, 3.63) is 93.0 Å². The maximum atomic E-state index is 13.4. The summed E-state index contributed by atoms with van der Waals surface area (Å²) in [6.07, 6.45) is 1.72. The van der Waals surface area contributed by atoms with Gasteiger partial charge in [-0.15, -0.1) is 0 Å². The quantitative estimate of drug-likeness (QED) is 0.409. The van der Waals surface area contributed by atoms with Gasteiger partial charge < -0.3 is 9.47 Å². The first-order valence-corrected chi connectivity index (χ1v) is 10.6. The molecule has 0 radical (unpaired) electrons. The molecule has 0 saturated carbocycles. The number of benzene rings is 3. The topological polar surface area (TPSA) is 51.1 Å². The molecule has 0 aliphatic carbocycles. The zero-order chi connectivity index (χ0) is 22.0. The van der Waals surface area contributed by atoms with E-state index in [1.165, 1.54) is 0 Å². The second-order valence-electron chi connectivity index (χ2n) is 6.68. The molecule has 4 rings (SSSR count). The van der Waals surface area contributed by atoms with E-state index in [1.54, 1.807) is 43.4 Å². The Balaban J connectivity index is 1.84. The van der Waals surface area contributed by atoms with E-state index in [-0.39, 0.29) is 5.91 Å². The van der Waals surface area contributed by atoms with Gasteiger partial charge >= 0.3 is 0 Å². The van der Waals surface area contributed by atoms with Crippen LogP contribution in [0.25, 0.3) is 6.08 Å². The number of carbonyl (C=O) groups is 1. The van der Waals surface area contributed by atoms with Crippen LogP contribution in [0, 0.1) is 0 Å². The van der Waals surface area contributed by atoms with Crippen molar-refractivity contribution in [2.45, 2.75) is 0 Å². The number of hydrogen-bond donors (Lipinski definition) is 0. The highest BCUT2D eigenvalue weighted by Gasteiger charge is 2.33. The van der Waals surface area contributed by atoms with Gasteiger partial charge in [0.1, 0.15) is 11.5 Å². The summed E-state index contributed by atoms with van der Waals surface area (Å²) in [5.41, 5.74) is 2.42. The van der Waals surface area contributed by atoms with E-state index in [2.05, 4.69) is 20.9 Å². The standard InChI is InChI=1S/C24H18BrClN2O3/c1-30-21-11-10-15(13-22(21)31-2)12-20-24(29)28(17-7-5-6-16(25)14-17)23(27-20)18-8-3-4-9-19(18)26/h3-14H,1-2H3/b20-12+. The summed E-state index contributed by atoms with van der Waals surface area (Å²) in [5, 5.41) is 0.515. The van der Waals surface area contributed by atoms with Gasteiger partial charge in [-0.3, -0.25) is 9.69 Å².